The summed E-state index contributed by atoms with van der Waals surface area (Å²) in [6.45, 7) is 4.55. The maximum atomic E-state index is 12.4. The van der Waals surface area contributed by atoms with E-state index in [1.54, 1.807) is 0 Å². The maximum Gasteiger partial charge on any atom is 0.425 e. The number of rotatable bonds is 4. The molecule has 6 heteroatoms. The van der Waals surface area contributed by atoms with E-state index in [0.29, 0.717) is 5.75 Å². The monoisotopic (exact) mass is 263 g/mol. The van der Waals surface area contributed by atoms with Crippen molar-refractivity contribution in [2.24, 2.45) is 0 Å². The van der Waals surface area contributed by atoms with Crippen LogP contribution in [-0.4, -0.2) is 18.4 Å². The van der Waals surface area contributed by atoms with Crippen molar-refractivity contribution in [3.63, 3.8) is 0 Å². The van der Waals surface area contributed by atoms with Crippen LogP contribution in [0.25, 0.3) is 0 Å². The van der Waals surface area contributed by atoms with Crippen LogP contribution in [0, 0.1) is 0 Å². The van der Waals surface area contributed by atoms with Gasteiger partial charge in [0.15, 0.2) is 6.10 Å². The predicted octanol–water partition coefficient (Wildman–Crippen LogP) is 3.39. The average Bonchev–Trinajstić information content (AvgIpc) is 2.13. The zero-order valence-corrected chi connectivity index (χ0v) is 10.4. The molecule has 0 aliphatic carbocycles. The van der Waals surface area contributed by atoms with Gasteiger partial charge in [-0.25, -0.2) is 0 Å². The molecule has 0 heterocycles. The Balaban J connectivity index is 2.86. The summed E-state index contributed by atoms with van der Waals surface area (Å²) in [6.07, 6.45) is -6.41. The number of alkyl halides is 3. The third-order valence-corrected chi connectivity index (χ3v) is 2.05. The van der Waals surface area contributed by atoms with Gasteiger partial charge in [0.2, 0.25) is 0 Å². The van der Waals surface area contributed by atoms with Gasteiger partial charge in [0.05, 0.1) is 6.10 Å². The molecule has 18 heavy (non-hydrogen) atoms. The molecule has 0 aliphatic heterocycles. The summed E-state index contributed by atoms with van der Waals surface area (Å²) in [6, 6.07) is 4.25. The van der Waals surface area contributed by atoms with Crippen LogP contribution >= 0.6 is 0 Å². The third kappa shape index (κ3) is 4.35. The summed E-state index contributed by atoms with van der Waals surface area (Å²) in [5.41, 5.74) is 5.87. The van der Waals surface area contributed by atoms with Crippen LogP contribution in [0.1, 0.15) is 20.8 Å². The zero-order chi connectivity index (χ0) is 13.9. The first kappa shape index (κ1) is 14.5. The van der Waals surface area contributed by atoms with Crippen LogP contribution in [0.15, 0.2) is 18.2 Å². The van der Waals surface area contributed by atoms with Crippen molar-refractivity contribution in [2.75, 3.05) is 5.73 Å². The van der Waals surface area contributed by atoms with Crippen molar-refractivity contribution in [2.45, 2.75) is 39.2 Å². The highest BCUT2D eigenvalue weighted by molar-refractivity contribution is 5.50. The van der Waals surface area contributed by atoms with E-state index in [4.69, 9.17) is 15.2 Å². The standard InChI is InChI=1S/C12H16F3NO2/c1-7(2)17-10-4-9(16)5-11(6-10)18-8(3)12(13,14)15/h4-8H,16H2,1-3H3. The minimum atomic E-state index is -4.41. The molecule has 0 bridgehead atoms. The first-order chi connectivity index (χ1) is 8.18. The number of anilines is 1. The lowest BCUT2D eigenvalue weighted by Gasteiger charge is -2.19. The average molecular weight is 263 g/mol. The smallest absolute Gasteiger partial charge is 0.425 e. The van der Waals surface area contributed by atoms with E-state index in [1.807, 2.05) is 13.8 Å². The molecule has 2 N–H and O–H groups in total. The Hall–Kier alpha value is -1.59. The van der Waals surface area contributed by atoms with Gasteiger partial charge < -0.3 is 15.2 Å². The molecule has 1 unspecified atom stereocenters. The molecule has 3 nitrogen and oxygen atoms in total. The van der Waals surface area contributed by atoms with Crippen LogP contribution in [0.2, 0.25) is 0 Å². The molecule has 0 saturated carbocycles. The number of halogens is 3. The summed E-state index contributed by atoms with van der Waals surface area (Å²) < 4.78 is 47.2. The third-order valence-electron chi connectivity index (χ3n) is 2.05. The molecule has 1 atom stereocenters. The van der Waals surface area contributed by atoms with Gasteiger partial charge in [0.1, 0.15) is 11.5 Å². The van der Waals surface area contributed by atoms with Gasteiger partial charge in [-0.1, -0.05) is 0 Å². The number of ether oxygens (including phenoxy) is 2. The molecule has 102 valence electrons. The first-order valence-electron chi connectivity index (χ1n) is 5.49. The number of nitrogens with two attached hydrogens (primary N) is 1. The molecule has 0 amide bonds. The molecule has 0 aromatic heterocycles. The lowest BCUT2D eigenvalue weighted by Crippen LogP contribution is -2.31. The largest absolute Gasteiger partial charge is 0.491 e. The first-order valence-corrected chi connectivity index (χ1v) is 5.49. The Labute approximate surface area is 104 Å². The van der Waals surface area contributed by atoms with Crippen LogP contribution < -0.4 is 15.2 Å². The quantitative estimate of drug-likeness (QED) is 0.847. The lowest BCUT2D eigenvalue weighted by molar-refractivity contribution is -0.189. The molecule has 0 saturated heterocycles. The molecular formula is C12H16F3NO2. The van der Waals surface area contributed by atoms with Crippen LogP contribution in [0.3, 0.4) is 0 Å². The number of hydrogen-bond acceptors (Lipinski definition) is 3. The minimum Gasteiger partial charge on any atom is -0.491 e. The Morgan fingerprint density at radius 1 is 1.00 bits per heavy atom. The van der Waals surface area contributed by atoms with E-state index in [-0.39, 0.29) is 17.5 Å². The Bertz CT molecular complexity index is 405. The highest BCUT2D eigenvalue weighted by Crippen LogP contribution is 2.29. The minimum absolute atomic E-state index is 0.0375. The molecule has 0 radical (unpaired) electrons. The van der Waals surface area contributed by atoms with Crippen molar-refractivity contribution in [1.29, 1.82) is 0 Å². The Morgan fingerprint density at radius 2 is 1.50 bits per heavy atom. The van der Waals surface area contributed by atoms with Crippen LogP contribution in [-0.2, 0) is 0 Å². The van der Waals surface area contributed by atoms with Gasteiger partial charge in [-0.05, 0) is 20.8 Å². The van der Waals surface area contributed by atoms with Crippen molar-refractivity contribution in [3.05, 3.63) is 18.2 Å². The van der Waals surface area contributed by atoms with Crippen molar-refractivity contribution in [3.8, 4) is 11.5 Å². The summed E-state index contributed by atoms with van der Waals surface area (Å²) in [4.78, 5) is 0. The Morgan fingerprint density at radius 3 is 1.94 bits per heavy atom. The zero-order valence-electron chi connectivity index (χ0n) is 10.4. The lowest BCUT2D eigenvalue weighted by atomic mass is 10.2. The maximum absolute atomic E-state index is 12.4. The van der Waals surface area contributed by atoms with Crippen LogP contribution in [0.5, 0.6) is 11.5 Å². The second-order valence-corrected chi connectivity index (χ2v) is 4.21. The van der Waals surface area contributed by atoms with E-state index >= 15 is 0 Å². The number of benzene rings is 1. The highest BCUT2D eigenvalue weighted by Gasteiger charge is 2.38. The van der Waals surface area contributed by atoms with E-state index in [0.717, 1.165) is 6.92 Å². The fourth-order valence-corrected chi connectivity index (χ4v) is 1.27. The second-order valence-electron chi connectivity index (χ2n) is 4.21. The number of nitrogen functional groups attached to an aromatic ring is 1. The fraction of sp³-hybridized carbons (Fsp3) is 0.500. The topological polar surface area (TPSA) is 44.5 Å². The second kappa shape index (κ2) is 5.37. The molecule has 0 spiro atoms. The van der Waals surface area contributed by atoms with E-state index < -0.39 is 12.3 Å². The summed E-state index contributed by atoms with van der Waals surface area (Å²) in [7, 11) is 0. The molecule has 1 rings (SSSR count). The van der Waals surface area contributed by atoms with Crippen molar-refractivity contribution in [1.82, 2.24) is 0 Å². The van der Waals surface area contributed by atoms with Gasteiger partial charge in [0, 0.05) is 23.9 Å². The normalized spacial score (nSPS) is 13.5. The van der Waals surface area contributed by atoms with Gasteiger partial charge in [-0.3, -0.25) is 0 Å². The van der Waals surface area contributed by atoms with E-state index in [9.17, 15) is 13.2 Å². The summed E-state index contributed by atoms with van der Waals surface area (Å²) >= 11 is 0. The van der Waals surface area contributed by atoms with Crippen LogP contribution in [0.4, 0.5) is 18.9 Å². The fourth-order valence-electron chi connectivity index (χ4n) is 1.27. The number of hydrogen-bond donors (Lipinski definition) is 1. The summed E-state index contributed by atoms with van der Waals surface area (Å²) in [5.74, 6) is 0.421. The van der Waals surface area contributed by atoms with E-state index in [2.05, 4.69) is 0 Å². The van der Waals surface area contributed by atoms with Gasteiger partial charge in [-0.15, -0.1) is 0 Å². The van der Waals surface area contributed by atoms with E-state index in [1.165, 1.54) is 18.2 Å². The van der Waals surface area contributed by atoms with Gasteiger partial charge in [0.25, 0.3) is 0 Å². The molecule has 1 aromatic carbocycles. The highest BCUT2D eigenvalue weighted by atomic mass is 19.4. The molecule has 1 aromatic rings. The van der Waals surface area contributed by atoms with Gasteiger partial charge in [-0.2, -0.15) is 13.2 Å². The van der Waals surface area contributed by atoms with Gasteiger partial charge >= 0.3 is 6.18 Å². The van der Waals surface area contributed by atoms with Crippen molar-refractivity contribution >= 4 is 5.69 Å². The molecule has 0 aliphatic rings. The predicted molar refractivity (Wildman–Crippen MR) is 62.8 cm³/mol. The van der Waals surface area contributed by atoms with Crippen molar-refractivity contribution < 1.29 is 22.6 Å². The summed E-state index contributed by atoms with van der Waals surface area (Å²) in [5, 5.41) is 0. The molecular weight excluding hydrogens is 247 g/mol. The Kier molecular flexibility index (Phi) is 4.32. The SMILES string of the molecule is CC(C)Oc1cc(N)cc(OC(C)C(F)(F)F)c1. The molecule has 0 fully saturated rings.